The van der Waals surface area contributed by atoms with Crippen LogP contribution in [0.5, 0.6) is 0 Å². The van der Waals surface area contributed by atoms with Crippen LogP contribution < -0.4 is 4.72 Å². The van der Waals surface area contributed by atoms with E-state index in [4.69, 9.17) is 4.99 Å². The summed E-state index contributed by atoms with van der Waals surface area (Å²) in [6.07, 6.45) is 16.4. The molecule has 0 radical (unpaired) electrons. The first kappa shape index (κ1) is 33.0. The zero-order chi connectivity index (χ0) is 31.6. The Labute approximate surface area is 270 Å². The van der Waals surface area contributed by atoms with Crippen LogP contribution in [0.1, 0.15) is 63.0 Å². The van der Waals surface area contributed by atoms with Crippen LogP contribution in [0.4, 0.5) is 5.69 Å². The van der Waals surface area contributed by atoms with Crippen molar-refractivity contribution in [3.63, 3.8) is 0 Å². The zero-order valence-corrected chi connectivity index (χ0v) is 27.7. The number of hydrogen-bond donors (Lipinski definition) is 1. The molecule has 2 aliphatic heterocycles. The molecule has 7 nitrogen and oxygen atoms in total. The number of aliphatic imine (C=N–C) groups is 1. The monoisotopic (exact) mass is 628 g/mol. The van der Waals surface area contributed by atoms with Gasteiger partial charge in [0.1, 0.15) is 0 Å². The van der Waals surface area contributed by atoms with Crippen molar-refractivity contribution in [3.8, 4) is 0 Å². The molecule has 2 saturated heterocycles. The normalized spacial score (nSPS) is 20.6. The number of aryl methyl sites for hydroxylation is 1. The van der Waals surface area contributed by atoms with Gasteiger partial charge in [-0.25, -0.2) is 0 Å². The van der Waals surface area contributed by atoms with E-state index in [1.807, 2.05) is 67.5 Å². The number of rotatable bonds is 12. The number of carbonyl (C=O) groups is 3. The number of para-hydroxylation sites is 1. The lowest BCUT2D eigenvalue weighted by Crippen LogP contribution is -2.36. The van der Waals surface area contributed by atoms with Crippen molar-refractivity contribution in [2.24, 2.45) is 10.9 Å². The van der Waals surface area contributed by atoms with Crippen LogP contribution in [-0.4, -0.2) is 71.4 Å². The van der Waals surface area contributed by atoms with E-state index >= 15 is 0 Å². The second kappa shape index (κ2) is 15.8. The molecule has 1 saturated carbocycles. The molecular formula is C37H48N4O3S. The van der Waals surface area contributed by atoms with E-state index in [1.54, 1.807) is 0 Å². The van der Waals surface area contributed by atoms with Crippen molar-refractivity contribution in [2.75, 3.05) is 39.3 Å². The first-order chi connectivity index (χ1) is 21.9. The molecule has 0 bridgehead atoms. The van der Waals surface area contributed by atoms with Crippen LogP contribution in [0.25, 0.3) is 0 Å². The number of nitrogens with zero attached hydrogens (tertiary/aromatic N) is 3. The number of allylic oxidation sites excluding steroid dienone is 1. The van der Waals surface area contributed by atoms with Gasteiger partial charge in [-0.05, 0) is 78.9 Å². The summed E-state index contributed by atoms with van der Waals surface area (Å²) in [7, 11) is -2.47. The van der Waals surface area contributed by atoms with Gasteiger partial charge in [0, 0.05) is 49.4 Å². The zero-order valence-electron chi connectivity index (χ0n) is 26.9. The van der Waals surface area contributed by atoms with Crippen LogP contribution >= 0.6 is 10.2 Å². The molecule has 2 aromatic carbocycles. The molecule has 0 spiro atoms. The molecule has 0 aromatic heterocycles. The fraction of sp³-hybridized carbons (Fsp3) is 0.459. The molecule has 45 heavy (non-hydrogen) atoms. The van der Waals surface area contributed by atoms with Gasteiger partial charge in [-0.1, -0.05) is 86.9 Å². The highest BCUT2D eigenvalue weighted by molar-refractivity contribution is 8.69. The summed E-state index contributed by atoms with van der Waals surface area (Å²) in [5, 5.41) is -0.699. The summed E-state index contributed by atoms with van der Waals surface area (Å²) in [5.41, 5.74) is 3.70. The molecule has 0 unspecified atom stereocenters. The Balaban J connectivity index is 1.21. The minimum Gasteiger partial charge on any atom is -0.337 e. The maximum Gasteiger partial charge on any atom is 0.272 e. The lowest BCUT2D eigenvalue weighted by atomic mass is 9.90. The summed E-state index contributed by atoms with van der Waals surface area (Å²) in [6.45, 7) is 8.61. The summed E-state index contributed by atoms with van der Waals surface area (Å²) < 4.78 is 3.32. The number of carbonyl (C=O) groups excluding carboxylic acids is 3. The van der Waals surface area contributed by atoms with Crippen molar-refractivity contribution in [1.29, 1.82) is 0 Å². The largest absolute Gasteiger partial charge is 0.337 e. The molecule has 2 aromatic rings. The third kappa shape index (κ3) is 8.10. The maximum absolute atomic E-state index is 13.6. The highest BCUT2D eigenvalue weighted by Crippen LogP contribution is 2.69. The number of benzene rings is 2. The molecule has 3 aliphatic rings. The fourth-order valence-electron chi connectivity index (χ4n) is 6.42. The average Bonchev–Trinajstić information content (AvgIpc) is 3.69. The van der Waals surface area contributed by atoms with E-state index < -0.39 is 10.2 Å². The third-order valence-corrected chi connectivity index (χ3v) is 12.0. The third-order valence-electron chi connectivity index (χ3n) is 9.10. The minimum atomic E-state index is -2.47. The van der Waals surface area contributed by atoms with E-state index in [0.29, 0.717) is 29.5 Å². The molecule has 3 fully saturated rings. The molecule has 8 heteroatoms. The Bertz CT molecular complexity index is 1430. The predicted octanol–water partition coefficient (Wildman–Crippen LogP) is 6.68. The van der Waals surface area contributed by atoms with Crippen LogP contribution in [0.3, 0.4) is 0 Å². The summed E-state index contributed by atoms with van der Waals surface area (Å²) >= 11 is 0. The average molecular weight is 629 g/mol. The number of amides is 1. The lowest BCUT2D eigenvalue weighted by molar-refractivity contribution is -0.126. The van der Waals surface area contributed by atoms with E-state index in [1.165, 1.54) is 24.8 Å². The summed E-state index contributed by atoms with van der Waals surface area (Å²) in [4.78, 5) is 49.4. The van der Waals surface area contributed by atoms with Crippen LogP contribution in [0.15, 0.2) is 82.2 Å². The standard InChI is InChI=1S/C37H48N4O3S/c1-3-13-32(35(42)41-24-12-23-40(26-27-41)25-21-30-15-6-4-7-16-30)19-11-22-39-45(36(43)37(45)44)33-20-10-14-29(2)34(33)38-28-31-17-8-5-9-18-31/h4,6-7,10-11,13-16,19-20,28,31,39H,3,5,8-9,12,17-18,21-27H2,1-2H3/b19-11-,32-13+,38-28?. The summed E-state index contributed by atoms with van der Waals surface area (Å²) in [6, 6.07) is 16.3. The van der Waals surface area contributed by atoms with E-state index in [0.717, 1.165) is 69.5 Å². The predicted molar refractivity (Wildman–Crippen MR) is 185 cm³/mol. The van der Waals surface area contributed by atoms with Gasteiger partial charge in [0.05, 0.1) is 5.69 Å². The van der Waals surface area contributed by atoms with Gasteiger partial charge >= 0.3 is 0 Å². The molecule has 1 aliphatic carbocycles. The molecule has 1 N–H and O–H groups in total. The highest BCUT2D eigenvalue weighted by Gasteiger charge is 2.62. The van der Waals surface area contributed by atoms with Gasteiger partial charge in [0.2, 0.25) is 0 Å². The molecule has 240 valence electrons. The van der Waals surface area contributed by atoms with Gasteiger partial charge in [0.25, 0.3) is 16.1 Å². The maximum atomic E-state index is 13.6. The van der Waals surface area contributed by atoms with Crippen molar-refractivity contribution in [2.45, 2.75) is 70.1 Å². The summed E-state index contributed by atoms with van der Waals surface area (Å²) in [5.74, 6) is 0.484. The van der Waals surface area contributed by atoms with Gasteiger partial charge in [-0.15, -0.1) is 0 Å². The van der Waals surface area contributed by atoms with Gasteiger partial charge < -0.3 is 9.80 Å². The Hall–Kier alpha value is -3.33. The molecule has 1 amide bonds. The van der Waals surface area contributed by atoms with Crippen molar-refractivity contribution in [3.05, 3.63) is 83.5 Å². The minimum absolute atomic E-state index is 0.0386. The van der Waals surface area contributed by atoms with Crippen molar-refractivity contribution >= 4 is 38.3 Å². The molecule has 5 rings (SSSR count). The molecular weight excluding hydrogens is 580 g/mol. The van der Waals surface area contributed by atoms with E-state index in [2.05, 4.69) is 33.9 Å². The Kier molecular flexibility index (Phi) is 11.6. The van der Waals surface area contributed by atoms with Crippen LogP contribution in [0.2, 0.25) is 0 Å². The number of hydrogen-bond acceptors (Lipinski definition) is 6. The quantitative estimate of drug-likeness (QED) is 0.0932. The van der Waals surface area contributed by atoms with Crippen molar-refractivity contribution < 1.29 is 14.4 Å². The topological polar surface area (TPSA) is 82.1 Å². The fourth-order valence-corrected chi connectivity index (χ4v) is 8.98. The van der Waals surface area contributed by atoms with Gasteiger partial charge in [0.15, 0.2) is 0 Å². The first-order valence-electron chi connectivity index (χ1n) is 16.7. The number of nitrogens with one attached hydrogen (secondary N) is 1. The second-order valence-corrected chi connectivity index (χ2v) is 15.0. The van der Waals surface area contributed by atoms with Gasteiger partial charge in [-0.3, -0.25) is 24.1 Å². The van der Waals surface area contributed by atoms with Crippen LogP contribution in [0, 0.1) is 12.8 Å². The molecule has 2 heterocycles. The van der Waals surface area contributed by atoms with Crippen LogP contribution in [-0.2, 0) is 20.8 Å². The smallest absolute Gasteiger partial charge is 0.272 e. The van der Waals surface area contributed by atoms with Crippen molar-refractivity contribution in [1.82, 2.24) is 14.5 Å². The SMILES string of the molecule is CC/C=C(\C=C/CNS1(c2cccc(C)c2N=CC2CCCCC2)C(=O)C1=O)C(=O)N1CCCN(CCc2ccccc2)CC1. The second-order valence-electron chi connectivity index (χ2n) is 12.3. The Morgan fingerprint density at radius 1 is 0.956 bits per heavy atom. The van der Waals surface area contributed by atoms with E-state index in [-0.39, 0.29) is 16.1 Å². The van der Waals surface area contributed by atoms with E-state index in [9.17, 15) is 14.4 Å². The first-order valence-corrected chi connectivity index (χ1v) is 18.3. The lowest BCUT2D eigenvalue weighted by Gasteiger charge is -2.23. The van der Waals surface area contributed by atoms with Gasteiger partial charge in [-0.2, -0.15) is 0 Å². The molecule has 0 atom stereocenters. The highest BCUT2D eigenvalue weighted by atomic mass is 32.3. The Morgan fingerprint density at radius 3 is 2.47 bits per heavy atom. The Morgan fingerprint density at radius 2 is 1.73 bits per heavy atom.